The molecule has 1 aromatic heterocycles. The zero-order chi connectivity index (χ0) is 15.2. The molecule has 21 heavy (non-hydrogen) atoms. The van der Waals surface area contributed by atoms with Crippen LogP contribution >= 0.6 is 22.9 Å². The molecule has 0 aliphatic rings. The molecule has 0 bridgehead atoms. The Morgan fingerprint density at radius 1 is 1.38 bits per heavy atom. The molecule has 1 heterocycles. The number of carboxylic acid groups (broad SMARTS) is 1. The van der Waals surface area contributed by atoms with Gasteiger partial charge >= 0.3 is 5.97 Å². The Bertz CT molecular complexity index is 598. The molecule has 0 saturated heterocycles. The van der Waals surface area contributed by atoms with Crippen LogP contribution in [0.4, 0.5) is 5.69 Å². The van der Waals surface area contributed by atoms with Gasteiger partial charge in [-0.25, -0.2) is 4.98 Å². The number of hydrogen-bond donors (Lipinski definition) is 1. The molecule has 0 amide bonds. The minimum atomic E-state index is -0.867. The lowest BCUT2D eigenvalue weighted by Gasteiger charge is -2.21. The van der Waals surface area contributed by atoms with Gasteiger partial charge in [-0.2, -0.15) is 0 Å². The van der Waals surface area contributed by atoms with Gasteiger partial charge in [0.05, 0.1) is 17.2 Å². The van der Waals surface area contributed by atoms with Crippen LogP contribution in [0.3, 0.4) is 0 Å². The van der Waals surface area contributed by atoms with Crippen LogP contribution in [0.5, 0.6) is 0 Å². The van der Waals surface area contributed by atoms with Gasteiger partial charge in [0.15, 0.2) is 0 Å². The van der Waals surface area contributed by atoms with Crippen LogP contribution in [0.2, 0.25) is 5.02 Å². The molecule has 0 fully saturated rings. The molecule has 2 rings (SSSR count). The number of nitrogens with zero attached hydrogens (tertiary/aromatic N) is 2. The normalized spacial score (nSPS) is 10.6. The van der Waals surface area contributed by atoms with Gasteiger partial charge in [-0.3, -0.25) is 4.79 Å². The molecule has 0 atom stereocenters. The molecule has 0 saturated carbocycles. The summed E-state index contributed by atoms with van der Waals surface area (Å²) < 4.78 is 0. The number of aliphatic carboxylic acids is 1. The Balaban J connectivity index is 2.15. The van der Waals surface area contributed by atoms with Crippen LogP contribution in [-0.2, 0) is 17.8 Å². The van der Waals surface area contributed by atoms with Crippen LogP contribution in [-0.4, -0.2) is 22.6 Å². The van der Waals surface area contributed by atoms with E-state index in [0.717, 1.165) is 29.2 Å². The number of aryl methyl sites for hydroxylation is 1. The van der Waals surface area contributed by atoms with Crippen molar-refractivity contribution < 1.29 is 9.90 Å². The zero-order valence-electron chi connectivity index (χ0n) is 11.8. The molecule has 6 heteroatoms. The summed E-state index contributed by atoms with van der Waals surface area (Å²) in [5.41, 5.74) is 1.73. The van der Waals surface area contributed by atoms with E-state index in [2.05, 4.69) is 11.9 Å². The molecule has 0 aliphatic heterocycles. The Morgan fingerprint density at radius 3 is 2.71 bits per heavy atom. The Kier molecular flexibility index (Phi) is 5.59. The van der Waals surface area contributed by atoms with Crippen LogP contribution < -0.4 is 4.90 Å². The molecule has 1 aromatic carbocycles. The Morgan fingerprint density at radius 2 is 2.10 bits per heavy atom. The van der Waals surface area contributed by atoms with Crippen molar-refractivity contribution in [3.05, 3.63) is 45.4 Å². The van der Waals surface area contributed by atoms with E-state index < -0.39 is 5.97 Å². The molecule has 0 aliphatic carbocycles. The summed E-state index contributed by atoms with van der Waals surface area (Å²) in [6, 6.07) is 7.17. The van der Waals surface area contributed by atoms with Gasteiger partial charge in [0, 0.05) is 16.1 Å². The predicted molar refractivity (Wildman–Crippen MR) is 86.2 cm³/mol. The average Bonchev–Trinajstić information content (AvgIpc) is 2.86. The summed E-state index contributed by atoms with van der Waals surface area (Å²) in [5, 5.41) is 12.8. The van der Waals surface area contributed by atoms with Crippen molar-refractivity contribution in [2.75, 3.05) is 11.4 Å². The third kappa shape index (κ3) is 4.72. The highest BCUT2D eigenvalue weighted by Crippen LogP contribution is 2.21. The summed E-state index contributed by atoms with van der Waals surface area (Å²) in [7, 11) is 0. The van der Waals surface area contributed by atoms with Gasteiger partial charge in [-0.05, 0) is 37.1 Å². The van der Waals surface area contributed by atoms with E-state index in [4.69, 9.17) is 16.7 Å². The second kappa shape index (κ2) is 7.43. The molecular weight excluding hydrogens is 308 g/mol. The van der Waals surface area contributed by atoms with E-state index in [1.165, 1.54) is 0 Å². The highest BCUT2D eigenvalue weighted by atomic mass is 35.5. The van der Waals surface area contributed by atoms with Gasteiger partial charge in [-0.15, -0.1) is 11.3 Å². The third-order valence-corrected chi connectivity index (χ3v) is 4.14. The zero-order valence-corrected chi connectivity index (χ0v) is 13.3. The first kappa shape index (κ1) is 15.8. The number of benzene rings is 1. The van der Waals surface area contributed by atoms with Crippen molar-refractivity contribution in [2.24, 2.45) is 0 Å². The fourth-order valence-corrected chi connectivity index (χ4v) is 3.02. The number of hydrogen-bond acceptors (Lipinski definition) is 4. The highest BCUT2D eigenvalue weighted by molar-refractivity contribution is 7.09. The largest absolute Gasteiger partial charge is 0.480 e. The number of anilines is 1. The third-order valence-electron chi connectivity index (χ3n) is 2.93. The maximum atomic E-state index is 11.1. The fraction of sp³-hybridized carbons (Fsp3) is 0.333. The Hall–Kier alpha value is -1.59. The maximum absolute atomic E-state index is 11.1. The topological polar surface area (TPSA) is 53.4 Å². The van der Waals surface area contributed by atoms with Crippen molar-refractivity contribution >= 4 is 34.6 Å². The van der Waals surface area contributed by atoms with E-state index in [9.17, 15) is 4.79 Å². The fourth-order valence-electron chi connectivity index (χ4n) is 2.00. The molecule has 2 aromatic rings. The summed E-state index contributed by atoms with van der Waals surface area (Å²) in [6.07, 6.45) is 2.02. The molecule has 1 N–H and O–H groups in total. The molecule has 0 unspecified atom stereocenters. The molecule has 0 radical (unpaired) electrons. The summed E-state index contributed by atoms with van der Waals surface area (Å²) in [4.78, 5) is 17.4. The van der Waals surface area contributed by atoms with Crippen LogP contribution in [0, 0.1) is 0 Å². The van der Waals surface area contributed by atoms with E-state index in [0.29, 0.717) is 11.6 Å². The van der Waals surface area contributed by atoms with Crippen LogP contribution in [0.15, 0.2) is 29.6 Å². The van der Waals surface area contributed by atoms with E-state index in [1.54, 1.807) is 28.4 Å². The molecular formula is C15H17ClN2O2S. The van der Waals surface area contributed by atoms with Crippen LogP contribution in [0.25, 0.3) is 0 Å². The van der Waals surface area contributed by atoms with Crippen molar-refractivity contribution in [1.82, 2.24) is 4.98 Å². The van der Waals surface area contributed by atoms with Crippen LogP contribution in [0.1, 0.15) is 24.0 Å². The number of rotatable bonds is 7. The highest BCUT2D eigenvalue weighted by Gasteiger charge is 2.13. The van der Waals surface area contributed by atoms with Gasteiger partial charge in [0.2, 0.25) is 0 Å². The monoisotopic (exact) mass is 324 g/mol. The predicted octanol–water partition coefficient (Wildman–Crippen LogP) is 3.84. The number of thiazole rings is 1. The lowest BCUT2D eigenvalue weighted by atomic mass is 10.2. The summed E-state index contributed by atoms with van der Waals surface area (Å²) >= 11 is 7.50. The number of aromatic nitrogens is 1. The standard InChI is InChI=1S/C15H17ClN2O2S/c1-2-3-14-17-12(10-21-14)8-18(9-15(19)20)13-6-4-11(16)5-7-13/h4-7,10H,2-3,8-9H2,1H3,(H,19,20). The lowest BCUT2D eigenvalue weighted by Crippen LogP contribution is -2.29. The van der Waals surface area contributed by atoms with Gasteiger partial charge < -0.3 is 10.0 Å². The smallest absolute Gasteiger partial charge is 0.323 e. The summed E-state index contributed by atoms with van der Waals surface area (Å²) in [6.45, 7) is 2.53. The SMILES string of the molecule is CCCc1nc(CN(CC(=O)O)c2ccc(Cl)cc2)cs1. The molecule has 112 valence electrons. The first-order valence-electron chi connectivity index (χ1n) is 6.74. The van der Waals surface area contributed by atoms with Crippen molar-refractivity contribution in [3.8, 4) is 0 Å². The van der Waals surface area contributed by atoms with E-state index in [-0.39, 0.29) is 6.54 Å². The Labute approximate surface area is 133 Å². The number of halogens is 1. The van der Waals surface area contributed by atoms with Gasteiger partial charge in [0.1, 0.15) is 6.54 Å². The first-order valence-corrected chi connectivity index (χ1v) is 8.00. The summed E-state index contributed by atoms with van der Waals surface area (Å²) in [5.74, 6) is -0.867. The molecule has 4 nitrogen and oxygen atoms in total. The quantitative estimate of drug-likeness (QED) is 0.840. The molecule has 0 spiro atoms. The van der Waals surface area contributed by atoms with E-state index >= 15 is 0 Å². The van der Waals surface area contributed by atoms with Crippen molar-refractivity contribution in [3.63, 3.8) is 0 Å². The van der Waals surface area contributed by atoms with Crippen molar-refractivity contribution in [1.29, 1.82) is 0 Å². The number of carbonyl (C=O) groups is 1. The van der Waals surface area contributed by atoms with Crippen molar-refractivity contribution in [2.45, 2.75) is 26.3 Å². The minimum absolute atomic E-state index is 0.0672. The second-order valence-corrected chi connectivity index (χ2v) is 6.09. The maximum Gasteiger partial charge on any atom is 0.323 e. The number of carboxylic acids is 1. The van der Waals surface area contributed by atoms with Gasteiger partial charge in [0.25, 0.3) is 0 Å². The average molecular weight is 325 g/mol. The second-order valence-electron chi connectivity index (χ2n) is 4.71. The van der Waals surface area contributed by atoms with Gasteiger partial charge in [-0.1, -0.05) is 18.5 Å². The first-order chi connectivity index (χ1) is 10.1. The minimum Gasteiger partial charge on any atom is -0.480 e. The lowest BCUT2D eigenvalue weighted by molar-refractivity contribution is -0.135. The van der Waals surface area contributed by atoms with E-state index in [1.807, 2.05) is 17.5 Å².